The van der Waals surface area contributed by atoms with Crippen LogP contribution in [0.4, 0.5) is 0 Å². The summed E-state index contributed by atoms with van der Waals surface area (Å²) in [4.78, 5) is 0. The van der Waals surface area contributed by atoms with E-state index >= 15 is 0 Å². The molecule has 0 saturated carbocycles. The molecular weight excluding hydrogens is 312 g/mol. The van der Waals surface area contributed by atoms with Crippen molar-refractivity contribution in [2.75, 3.05) is 0 Å². The van der Waals surface area contributed by atoms with Crippen molar-refractivity contribution in [3.63, 3.8) is 0 Å². The molecule has 2 rings (SSSR count). The first-order valence-electron chi connectivity index (χ1n) is 4.55. The molecule has 1 aromatic heterocycles. The molecule has 0 N–H and O–H groups in total. The van der Waals surface area contributed by atoms with E-state index in [1.807, 2.05) is 24.3 Å². The molecule has 1 aromatic carbocycles. The molecule has 0 fully saturated rings. The maximum Gasteiger partial charge on any atom is 0.139 e. The Kier molecular flexibility index (Phi) is 4.29. The Morgan fingerprint density at radius 1 is 1.31 bits per heavy atom. The lowest BCUT2D eigenvalue weighted by Gasteiger charge is -2.04. The van der Waals surface area contributed by atoms with Crippen molar-refractivity contribution in [3.8, 4) is 0 Å². The lowest BCUT2D eigenvalue weighted by Crippen LogP contribution is -1.95. The van der Waals surface area contributed by atoms with Gasteiger partial charge in [-0.15, -0.1) is 5.10 Å². The van der Waals surface area contributed by atoms with Gasteiger partial charge in [-0.2, -0.15) is 0 Å². The van der Waals surface area contributed by atoms with Crippen molar-refractivity contribution in [2.24, 2.45) is 0 Å². The zero-order valence-electron chi connectivity index (χ0n) is 8.19. The zero-order valence-corrected chi connectivity index (χ0v) is 11.3. The van der Waals surface area contributed by atoms with Crippen LogP contribution in [-0.4, -0.2) is 9.59 Å². The van der Waals surface area contributed by atoms with Crippen molar-refractivity contribution >= 4 is 39.1 Å². The summed E-state index contributed by atoms with van der Waals surface area (Å²) in [7, 11) is 0. The van der Waals surface area contributed by atoms with Crippen LogP contribution < -0.4 is 0 Å². The maximum absolute atomic E-state index is 5.86. The fraction of sp³-hybridized carbons (Fsp3) is 0.200. The van der Waals surface area contributed by atoms with Crippen LogP contribution >= 0.6 is 39.1 Å². The Hall–Kier alpha value is -0.490. The first kappa shape index (κ1) is 12.0. The molecule has 0 atom stereocenters. The zero-order chi connectivity index (χ0) is 11.4. The summed E-state index contributed by atoms with van der Waals surface area (Å²) >= 11 is 10.5. The van der Waals surface area contributed by atoms with E-state index < -0.39 is 0 Å². The van der Waals surface area contributed by atoms with Crippen LogP contribution in [-0.2, 0) is 18.0 Å². The van der Waals surface area contributed by atoms with E-state index in [2.05, 4.69) is 25.5 Å². The van der Waals surface area contributed by atoms with Crippen LogP contribution in [0, 0.1) is 0 Å². The summed E-state index contributed by atoms with van der Waals surface area (Å²) < 4.78 is 10.9. The van der Waals surface area contributed by atoms with Crippen molar-refractivity contribution < 1.29 is 4.74 Å². The Morgan fingerprint density at radius 2 is 2.12 bits per heavy atom. The SMILES string of the molecule is Clc1snnc1COCc1ccccc1Br. The molecule has 0 spiro atoms. The minimum atomic E-state index is 0.386. The Balaban J connectivity index is 1.89. The number of hydrogen-bond donors (Lipinski definition) is 0. The van der Waals surface area contributed by atoms with Gasteiger partial charge in [0, 0.05) is 16.0 Å². The number of hydrogen-bond acceptors (Lipinski definition) is 4. The molecule has 0 aliphatic heterocycles. The molecule has 3 nitrogen and oxygen atoms in total. The van der Waals surface area contributed by atoms with Crippen LogP contribution in [0.25, 0.3) is 0 Å². The van der Waals surface area contributed by atoms with Gasteiger partial charge >= 0.3 is 0 Å². The van der Waals surface area contributed by atoms with Gasteiger partial charge in [0.15, 0.2) is 0 Å². The molecule has 0 saturated heterocycles. The van der Waals surface area contributed by atoms with Gasteiger partial charge in [0.25, 0.3) is 0 Å². The number of nitrogens with zero attached hydrogens (tertiary/aromatic N) is 2. The third-order valence-electron chi connectivity index (χ3n) is 1.96. The summed E-state index contributed by atoms with van der Waals surface area (Å²) in [5.41, 5.74) is 1.79. The highest BCUT2D eigenvalue weighted by Gasteiger charge is 2.05. The fourth-order valence-corrected chi connectivity index (χ4v) is 2.16. The minimum absolute atomic E-state index is 0.386. The molecule has 2 aromatic rings. The number of rotatable bonds is 4. The molecular formula is C10H8BrClN2OS. The van der Waals surface area contributed by atoms with Gasteiger partial charge < -0.3 is 4.74 Å². The third kappa shape index (κ3) is 3.01. The topological polar surface area (TPSA) is 35.0 Å². The first-order chi connectivity index (χ1) is 7.77. The van der Waals surface area contributed by atoms with Crippen LogP contribution in [0.5, 0.6) is 0 Å². The van der Waals surface area contributed by atoms with Crippen molar-refractivity contribution in [2.45, 2.75) is 13.2 Å². The molecule has 0 aliphatic carbocycles. The molecule has 0 aliphatic rings. The molecule has 16 heavy (non-hydrogen) atoms. The van der Waals surface area contributed by atoms with E-state index in [1.165, 1.54) is 11.5 Å². The van der Waals surface area contributed by atoms with Gasteiger partial charge in [0.05, 0.1) is 13.2 Å². The molecule has 84 valence electrons. The Labute approximate surface area is 111 Å². The standard InChI is InChI=1S/C10H8BrClN2OS/c11-8-4-2-1-3-7(8)5-15-6-9-10(12)16-14-13-9/h1-4H,5-6H2. The molecule has 0 unspecified atom stereocenters. The summed E-state index contributed by atoms with van der Waals surface area (Å²) in [5, 5.41) is 3.87. The second-order valence-electron chi connectivity index (χ2n) is 3.08. The maximum atomic E-state index is 5.86. The van der Waals surface area contributed by atoms with Crippen LogP contribution in [0.3, 0.4) is 0 Å². The molecule has 0 bridgehead atoms. The quantitative estimate of drug-likeness (QED) is 0.862. The Bertz CT molecular complexity index is 477. The number of halogens is 2. The number of aromatic nitrogens is 2. The minimum Gasteiger partial charge on any atom is -0.370 e. The van der Waals surface area contributed by atoms with E-state index in [0.29, 0.717) is 23.2 Å². The summed E-state index contributed by atoms with van der Waals surface area (Å²) in [6.07, 6.45) is 0. The van der Waals surface area contributed by atoms with E-state index in [4.69, 9.17) is 16.3 Å². The largest absolute Gasteiger partial charge is 0.370 e. The second kappa shape index (κ2) is 5.72. The normalized spacial score (nSPS) is 10.6. The lowest BCUT2D eigenvalue weighted by molar-refractivity contribution is 0.104. The molecule has 0 radical (unpaired) electrons. The van der Waals surface area contributed by atoms with Crippen molar-refractivity contribution in [1.29, 1.82) is 0 Å². The average Bonchev–Trinajstić information content (AvgIpc) is 2.67. The van der Waals surface area contributed by atoms with E-state index in [0.717, 1.165) is 10.0 Å². The molecule has 6 heteroatoms. The van der Waals surface area contributed by atoms with E-state index in [-0.39, 0.29) is 0 Å². The second-order valence-corrected chi connectivity index (χ2v) is 5.29. The predicted molar refractivity (Wildman–Crippen MR) is 67.6 cm³/mol. The van der Waals surface area contributed by atoms with Crippen LogP contribution in [0.15, 0.2) is 28.7 Å². The van der Waals surface area contributed by atoms with E-state index in [9.17, 15) is 0 Å². The Morgan fingerprint density at radius 3 is 2.81 bits per heavy atom. The number of ether oxygens (including phenoxy) is 1. The van der Waals surface area contributed by atoms with E-state index in [1.54, 1.807) is 0 Å². The summed E-state index contributed by atoms with van der Waals surface area (Å²) in [6, 6.07) is 7.93. The van der Waals surface area contributed by atoms with Crippen LogP contribution in [0.2, 0.25) is 4.34 Å². The molecule has 1 heterocycles. The van der Waals surface area contributed by atoms with Gasteiger partial charge in [0.1, 0.15) is 10.0 Å². The first-order valence-corrected chi connectivity index (χ1v) is 6.49. The summed E-state index contributed by atoms with van der Waals surface area (Å²) in [5.74, 6) is 0. The highest BCUT2D eigenvalue weighted by Crippen LogP contribution is 2.20. The lowest BCUT2D eigenvalue weighted by atomic mass is 10.2. The number of benzene rings is 1. The van der Waals surface area contributed by atoms with Crippen LogP contribution in [0.1, 0.15) is 11.3 Å². The van der Waals surface area contributed by atoms with Gasteiger partial charge in [-0.1, -0.05) is 50.2 Å². The van der Waals surface area contributed by atoms with Crippen molar-refractivity contribution in [3.05, 3.63) is 44.3 Å². The van der Waals surface area contributed by atoms with Gasteiger partial charge in [0.2, 0.25) is 0 Å². The predicted octanol–water partition coefficient (Wildman–Crippen LogP) is 3.67. The average molecular weight is 320 g/mol. The molecule has 0 amide bonds. The van der Waals surface area contributed by atoms with Gasteiger partial charge in [-0.25, -0.2) is 0 Å². The monoisotopic (exact) mass is 318 g/mol. The van der Waals surface area contributed by atoms with Gasteiger partial charge in [-0.05, 0) is 11.6 Å². The third-order valence-corrected chi connectivity index (χ3v) is 3.72. The highest BCUT2D eigenvalue weighted by atomic mass is 79.9. The highest BCUT2D eigenvalue weighted by molar-refractivity contribution is 9.10. The smallest absolute Gasteiger partial charge is 0.139 e. The summed E-state index contributed by atoms with van der Waals surface area (Å²) in [6.45, 7) is 0.909. The van der Waals surface area contributed by atoms with Crippen molar-refractivity contribution in [1.82, 2.24) is 9.59 Å². The van der Waals surface area contributed by atoms with Gasteiger partial charge in [-0.3, -0.25) is 0 Å². The fourth-order valence-electron chi connectivity index (χ4n) is 1.16.